The summed E-state index contributed by atoms with van der Waals surface area (Å²) in [4.78, 5) is 18.5. The zero-order valence-corrected chi connectivity index (χ0v) is 13.0. The maximum absolute atomic E-state index is 11.9. The molecule has 5 nitrogen and oxygen atoms in total. The molecule has 3 heterocycles. The number of fused-ring (bicyclic) bond motifs is 1. The van der Waals surface area contributed by atoms with E-state index in [1.54, 1.807) is 16.2 Å². The van der Waals surface area contributed by atoms with Gasteiger partial charge in [-0.05, 0) is 13.3 Å². The molecule has 1 saturated heterocycles. The molecule has 3 rings (SSSR count). The standard InChI is InChI=1S/C14H20N4OS/c1-9-4-10(2)7-17(6-9)8-12-16-18-13(19)5-11(3)15-14(18)20-12/h5,9-10H,4,6-8H2,1-3H3/p+1/t9-,10-/m0/s1. The molecule has 2 atom stereocenters. The largest absolute Gasteiger partial charge is 0.329 e. The van der Waals surface area contributed by atoms with Gasteiger partial charge >= 0.3 is 0 Å². The van der Waals surface area contributed by atoms with Gasteiger partial charge in [0, 0.05) is 23.6 Å². The predicted octanol–water partition coefficient (Wildman–Crippen LogP) is 0.520. The highest BCUT2D eigenvalue weighted by Crippen LogP contribution is 2.14. The van der Waals surface area contributed by atoms with E-state index in [1.807, 2.05) is 6.92 Å². The molecule has 108 valence electrons. The third-order valence-electron chi connectivity index (χ3n) is 3.90. The summed E-state index contributed by atoms with van der Waals surface area (Å²) in [6, 6.07) is 1.54. The van der Waals surface area contributed by atoms with Gasteiger partial charge in [-0.3, -0.25) is 4.79 Å². The summed E-state index contributed by atoms with van der Waals surface area (Å²) in [6.45, 7) is 9.79. The lowest BCUT2D eigenvalue weighted by atomic mass is 9.92. The van der Waals surface area contributed by atoms with E-state index in [1.165, 1.54) is 30.1 Å². The number of likely N-dealkylation sites (tertiary alicyclic amines) is 1. The number of hydrogen-bond acceptors (Lipinski definition) is 4. The number of quaternary nitrogens is 1. The highest BCUT2D eigenvalue weighted by atomic mass is 32.1. The van der Waals surface area contributed by atoms with E-state index in [4.69, 9.17) is 0 Å². The van der Waals surface area contributed by atoms with Crippen molar-refractivity contribution in [2.75, 3.05) is 13.1 Å². The first-order valence-corrected chi connectivity index (χ1v) is 8.03. The van der Waals surface area contributed by atoms with Crippen molar-refractivity contribution in [1.29, 1.82) is 0 Å². The second-order valence-corrected chi connectivity index (χ2v) is 7.25. The highest BCUT2D eigenvalue weighted by molar-refractivity contribution is 7.16. The van der Waals surface area contributed by atoms with E-state index >= 15 is 0 Å². The topological polar surface area (TPSA) is 51.7 Å². The molecule has 0 spiro atoms. The lowest BCUT2D eigenvalue weighted by molar-refractivity contribution is -0.925. The van der Waals surface area contributed by atoms with E-state index < -0.39 is 0 Å². The molecule has 0 amide bonds. The van der Waals surface area contributed by atoms with Crippen LogP contribution < -0.4 is 10.5 Å². The van der Waals surface area contributed by atoms with Crippen LogP contribution in [0.25, 0.3) is 4.96 Å². The molecule has 1 aliphatic rings. The Morgan fingerprint density at radius 2 is 2.10 bits per heavy atom. The molecule has 0 aliphatic carbocycles. The summed E-state index contributed by atoms with van der Waals surface area (Å²) in [6.07, 6.45) is 1.32. The Morgan fingerprint density at radius 1 is 1.40 bits per heavy atom. The smallest absolute Gasteiger partial charge is 0.275 e. The minimum Gasteiger partial charge on any atom is -0.329 e. The summed E-state index contributed by atoms with van der Waals surface area (Å²) in [7, 11) is 0. The van der Waals surface area contributed by atoms with Crippen LogP contribution in [0, 0.1) is 18.8 Å². The molecule has 6 heteroatoms. The van der Waals surface area contributed by atoms with Gasteiger partial charge < -0.3 is 4.90 Å². The minimum atomic E-state index is -0.0784. The second-order valence-electron chi connectivity index (χ2n) is 6.21. The molecule has 0 bridgehead atoms. The van der Waals surface area contributed by atoms with Crippen molar-refractivity contribution in [3.05, 3.63) is 27.1 Å². The zero-order valence-electron chi connectivity index (χ0n) is 12.2. The van der Waals surface area contributed by atoms with Crippen LogP contribution >= 0.6 is 11.3 Å². The molecule has 2 aromatic heterocycles. The van der Waals surface area contributed by atoms with Crippen LogP contribution in [0.5, 0.6) is 0 Å². The quantitative estimate of drug-likeness (QED) is 0.878. The third-order valence-corrected chi connectivity index (χ3v) is 4.80. The summed E-state index contributed by atoms with van der Waals surface area (Å²) in [5.41, 5.74) is 0.683. The maximum atomic E-state index is 11.9. The Balaban J connectivity index is 1.84. The number of hydrogen-bond donors (Lipinski definition) is 1. The van der Waals surface area contributed by atoms with Crippen molar-refractivity contribution >= 4 is 16.3 Å². The van der Waals surface area contributed by atoms with Crippen LogP contribution in [0.1, 0.15) is 31.0 Å². The van der Waals surface area contributed by atoms with Crippen LogP contribution in [0.3, 0.4) is 0 Å². The zero-order chi connectivity index (χ0) is 14.3. The van der Waals surface area contributed by atoms with Crippen molar-refractivity contribution in [2.45, 2.75) is 33.7 Å². The molecule has 0 unspecified atom stereocenters. The van der Waals surface area contributed by atoms with E-state index in [9.17, 15) is 4.79 Å². The average Bonchev–Trinajstić information content (AvgIpc) is 2.70. The van der Waals surface area contributed by atoms with Gasteiger partial charge in [0.15, 0.2) is 5.01 Å². The molecule has 0 aromatic carbocycles. The van der Waals surface area contributed by atoms with Gasteiger partial charge in [-0.1, -0.05) is 25.2 Å². The maximum Gasteiger partial charge on any atom is 0.275 e. The lowest BCUT2D eigenvalue weighted by Gasteiger charge is -2.31. The molecular formula is C14H21N4OS+. The van der Waals surface area contributed by atoms with Crippen molar-refractivity contribution in [3.63, 3.8) is 0 Å². The molecule has 0 saturated carbocycles. The molecule has 2 aromatic rings. The van der Waals surface area contributed by atoms with Gasteiger partial charge in [-0.15, -0.1) is 0 Å². The van der Waals surface area contributed by atoms with Crippen molar-refractivity contribution in [3.8, 4) is 0 Å². The number of piperidine rings is 1. The van der Waals surface area contributed by atoms with E-state index in [2.05, 4.69) is 23.9 Å². The number of rotatable bonds is 2. The lowest BCUT2D eigenvalue weighted by Crippen LogP contribution is -3.13. The van der Waals surface area contributed by atoms with Crippen LogP contribution in [0.2, 0.25) is 0 Å². The minimum absolute atomic E-state index is 0.0784. The molecular weight excluding hydrogens is 272 g/mol. The highest BCUT2D eigenvalue weighted by Gasteiger charge is 2.26. The monoisotopic (exact) mass is 293 g/mol. The van der Waals surface area contributed by atoms with Gasteiger partial charge in [0.1, 0.15) is 6.54 Å². The van der Waals surface area contributed by atoms with Crippen molar-refractivity contribution in [1.82, 2.24) is 14.6 Å². The van der Waals surface area contributed by atoms with Gasteiger partial charge in [0.2, 0.25) is 4.96 Å². The Bertz CT molecular complexity index is 667. The van der Waals surface area contributed by atoms with Gasteiger partial charge in [0.05, 0.1) is 13.1 Å². The summed E-state index contributed by atoms with van der Waals surface area (Å²) in [5, 5.41) is 5.45. The summed E-state index contributed by atoms with van der Waals surface area (Å²) < 4.78 is 1.43. The second kappa shape index (κ2) is 5.26. The van der Waals surface area contributed by atoms with Gasteiger partial charge in [-0.2, -0.15) is 9.61 Å². The van der Waals surface area contributed by atoms with E-state index in [0.29, 0.717) is 4.96 Å². The molecule has 0 radical (unpaired) electrons. The number of aromatic nitrogens is 3. The number of nitrogens with one attached hydrogen (secondary N) is 1. The Morgan fingerprint density at radius 3 is 2.80 bits per heavy atom. The van der Waals surface area contributed by atoms with Crippen LogP contribution in [-0.4, -0.2) is 27.7 Å². The number of nitrogens with zero attached hydrogens (tertiary/aromatic N) is 3. The SMILES string of the molecule is Cc1cc(=O)n2nc(C[NH+]3C[C@@H](C)C[C@H](C)C3)sc2n1. The predicted molar refractivity (Wildman–Crippen MR) is 79.2 cm³/mol. The first-order chi connectivity index (χ1) is 9.51. The Hall–Kier alpha value is -1.27. The van der Waals surface area contributed by atoms with Crippen molar-refractivity contribution < 1.29 is 4.90 Å². The number of aryl methyl sites for hydroxylation is 1. The molecule has 1 aliphatic heterocycles. The normalized spacial score (nSPS) is 27.1. The average molecular weight is 293 g/mol. The van der Waals surface area contributed by atoms with Gasteiger partial charge in [0.25, 0.3) is 5.56 Å². The fraction of sp³-hybridized carbons (Fsp3) is 0.643. The molecule has 1 N–H and O–H groups in total. The molecule has 1 fully saturated rings. The van der Waals surface area contributed by atoms with Gasteiger partial charge in [-0.25, -0.2) is 4.98 Å². The van der Waals surface area contributed by atoms with E-state index in [-0.39, 0.29) is 5.56 Å². The summed E-state index contributed by atoms with van der Waals surface area (Å²) >= 11 is 1.54. The van der Waals surface area contributed by atoms with Crippen LogP contribution in [-0.2, 0) is 6.54 Å². The third kappa shape index (κ3) is 2.76. The Kier molecular flexibility index (Phi) is 3.60. The molecule has 20 heavy (non-hydrogen) atoms. The fourth-order valence-corrected chi connectivity index (χ4v) is 4.33. The van der Waals surface area contributed by atoms with Crippen LogP contribution in [0.4, 0.5) is 0 Å². The summed E-state index contributed by atoms with van der Waals surface area (Å²) in [5.74, 6) is 1.54. The first-order valence-electron chi connectivity index (χ1n) is 7.21. The Labute approximate surface area is 122 Å². The van der Waals surface area contributed by atoms with Crippen molar-refractivity contribution in [2.24, 2.45) is 11.8 Å². The van der Waals surface area contributed by atoms with E-state index in [0.717, 1.165) is 29.1 Å². The fourth-order valence-electron chi connectivity index (χ4n) is 3.31. The first kappa shape index (κ1) is 13.7. The van der Waals surface area contributed by atoms with Crippen LogP contribution in [0.15, 0.2) is 10.9 Å².